The van der Waals surface area contributed by atoms with Crippen molar-refractivity contribution in [1.29, 1.82) is 0 Å². The van der Waals surface area contributed by atoms with E-state index in [1.807, 2.05) is 0 Å². The number of nitro groups is 1. The van der Waals surface area contributed by atoms with Gasteiger partial charge in [0.1, 0.15) is 5.70 Å². The number of benzene rings is 1. The van der Waals surface area contributed by atoms with Gasteiger partial charge in [0.25, 0.3) is 11.6 Å². The Morgan fingerprint density at radius 1 is 1.52 bits per heavy atom. The number of nitrogens with zero attached hydrogens (tertiary/aromatic N) is 2. The summed E-state index contributed by atoms with van der Waals surface area (Å²) in [7, 11) is 1.19. The second kappa shape index (κ2) is 7.62. The van der Waals surface area contributed by atoms with Crippen molar-refractivity contribution in [3.8, 4) is 0 Å². The first-order valence-corrected chi connectivity index (χ1v) is 8.02. The highest BCUT2D eigenvalue weighted by Crippen LogP contribution is 2.32. The van der Waals surface area contributed by atoms with Crippen LogP contribution in [0.4, 0.5) is 11.4 Å². The van der Waals surface area contributed by atoms with Gasteiger partial charge in [0.2, 0.25) is 0 Å². The van der Waals surface area contributed by atoms with Crippen LogP contribution in [-0.2, 0) is 14.3 Å². The minimum absolute atomic E-state index is 0.0104. The Bertz CT molecular complexity index is 777. The molecule has 25 heavy (non-hydrogen) atoms. The summed E-state index contributed by atoms with van der Waals surface area (Å²) < 4.78 is 5.17. The fraction of sp³-hybridized carbons (Fsp3) is 0.333. The van der Waals surface area contributed by atoms with E-state index >= 15 is 0 Å². The predicted octanol–water partition coefficient (Wildman–Crippen LogP) is 1.34. The lowest BCUT2D eigenvalue weighted by Gasteiger charge is -2.15. The number of methoxy groups -OCH3 is 1. The zero-order valence-corrected chi connectivity index (χ0v) is 15.1. The molecule has 0 aromatic heterocycles. The normalized spacial score (nSPS) is 14.1. The van der Waals surface area contributed by atoms with Gasteiger partial charge < -0.3 is 20.1 Å². The first-order chi connectivity index (χ1) is 11.8. The first-order valence-electron chi connectivity index (χ1n) is 7.23. The third-order valence-electron chi connectivity index (χ3n) is 3.74. The van der Waals surface area contributed by atoms with Crippen molar-refractivity contribution in [2.24, 2.45) is 0 Å². The number of anilines is 1. The van der Waals surface area contributed by atoms with Crippen LogP contribution in [0.15, 0.2) is 27.9 Å². The number of aliphatic hydroxyl groups excluding tert-OH is 1. The number of hydrogen-bond acceptors (Lipinski definition) is 7. The molecule has 0 saturated heterocycles. The minimum Gasteiger partial charge on any atom is -0.466 e. The molecule has 0 bridgehead atoms. The Morgan fingerprint density at radius 2 is 2.20 bits per heavy atom. The Balaban J connectivity index is 2.43. The SMILES string of the molecule is COC(=O)C1=C(Nc2cc(Br)c(C)c([N+](=O)[O-])c2)C(=O)N(CCO)C1. The van der Waals surface area contributed by atoms with E-state index in [-0.39, 0.29) is 42.3 Å². The van der Waals surface area contributed by atoms with Crippen LogP contribution in [0.2, 0.25) is 0 Å². The number of carbonyl (C=O) groups excluding carboxylic acids is 2. The Morgan fingerprint density at radius 3 is 2.76 bits per heavy atom. The van der Waals surface area contributed by atoms with Crippen LogP contribution in [0.25, 0.3) is 0 Å². The molecule has 9 nitrogen and oxygen atoms in total. The summed E-state index contributed by atoms with van der Waals surface area (Å²) in [5.41, 5.74) is 0.664. The van der Waals surface area contributed by atoms with E-state index in [9.17, 15) is 19.7 Å². The molecule has 10 heteroatoms. The van der Waals surface area contributed by atoms with Crippen molar-refractivity contribution in [2.75, 3.05) is 32.1 Å². The smallest absolute Gasteiger partial charge is 0.337 e. The van der Waals surface area contributed by atoms with Gasteiger partial charge in [-0.15, -0.1) is 0 Å². The molecule has 1 amide bonds. The summed E-state index contributed by atoms with van der Waals surface area (Å²) in [6, 6.07) is 2.86. The summed E-state index contributed by atoms with van der Waals surface area (Å²) in [5, 5.41) is 23.0. The van der Waals surface area contributed by atoms with Gasteiger partial charge in [0.15, 0.2) is 0 Å². The second-order valence-electron chi connectivity index (χ2n) is 5.28. The number of aliphatic hydroxyl groups is 1. The highest BCUT2D eigenvalue weighted by atomic mass is 79.9. The molecule has 2 rings (SSSR count). The quantitative estimate of drug-likeness (QED) is 0.409. The standard InChI is InChI=1S/C15H16BrN3O6/c1-8-11(16)5-9(6-12(8)19(23)24)17-13-10(15(22)25-2)7-18(3-4-20)14(13)21/h5-6,17,20H,3-4,7H2,1-2H3. The van der Waals surface area contributed by atoms with E-state index < -0.39 is 16.8 Å². The largest absolute Gasteiger partial charge is 0.466 e. The number of amides is 1. The maximum Gasteiger partial charge on any atom is 0.337 e. The lowest BCUT2D eigenvalue weighted by atomic mass is 10.1. The monoisotopic (exact) mass is 413 g/mol. The molecule has 2 N–H and O–H groups in total. The molecule has 0 aliphatic carbocycles. The number of nitro benzene ring substituents is 1. The van der Waals surface area contributed by atoms with Crippen LogP contribution in [-0.4, -0.2) is 53.6 Å². The lowest BCUT2D eigenvalue weighted by Crippen LogP contribution is -2.31. The van der Waals surface area contributed by atoms with Crippen LogP contribution in [0, 0.1) is 17.0 Å². The van der Waals surface area contributed by atoms with Crippen LogP contribution in [0.3, 0.4) is 0 Å². The van der Waals surface area contributed by atoms with E-state index in [0.717, 1.165) is 0 Å². The number of β-amino-alcohol motifs (C(OH)–C–C–N with tert-alkyl or cyclic N) is 1. The number of carbonyl (C=O) groups is 2. The van der Waals surface area contributed by atoms with Gasteiger partial charge in [0.05, 0.1) is 30.8 Å². The van der Waals surface area contributed by atoms with Crippen LogP contribution in [0.1, 0.15) is 5.56 Å². The van der Waals surface area contributed by atoms with E-state index in [4.69, 9.17) is 5.11 Å². The number of halogens is 1. The fourth-order valence-electron chi connectivity index (χ4n) is 2.42. The average molecular weight is 414 g/mol. The van der Waals surface area contributed by atoms with Gasteiger partial charge in [-0.3, -0.25) is 14.9 Å². The van der Waals surface area contributed by atoms with Crippen molar-refractivity contribution in [2.45, 2.75) is 6.92 Å². The van der Waals surface area contributed by atoms with Crippen molar-refractivity contribution < 1.29 is 24.4 Å². The zero-order chi connectivity index (χ0) is 18.7. The molecule has 0 atom stereocenters. The molecule has 0 saturated carbocycles. The van der Waals surface area contributed by atoms with Gasteiger partial charge in [-0.1, -0.05) is 15.9 Å². The van der Waals surface area contributed by atoms with E-state index in [1.165, 1.54) is 18.1 Å². The first kappa shape index (κ1) is 18.9. The van der Waals surface area contributed by atoms with Crippen LogP contribution < -0.4 is 5.32 Å². The van der Waals surface area contributed by atoms with Crippen LogP contribution >= 0.6 is 15.9 Å². The highest BCUT2D eigenvalue weighted by molar-refractivity contribution is 9.10. The molecule has 0 radical (unpaired) electrons. The number of nitrogens with one attached hydrogen (secondary N) is 1. The lowest BCUT2D eigenvalue weighted by molar-refractivity contribution is -0.385. The van der Waals surface area contributed by atoms with Gasteiger partial charge >= 0.3 is 5.97 Å². The van der Waals surface area contributed by atoms with Crippen molar-refractivity contribution in [3.63, 3.8) is 0 Å². The summed E-state index contributed by atoms with van der Waals surface area (Å²) >= 11 is 3.24. The molecule has 1 aromatic carbocycles. The summed E-state index contributed by atoms with van der Waals surface area (Å²) in [5.74, 6) is -1.18. The predicted molar refractivity (Wildman–Crippen MR) is 91.9 cm³/mol. The topological polar surface area (TPSA) is 122 Å². The van der Waals surface area contributed by atoms with Gasteiger partial charge in [-0.2, -0.15) is 0 Å². The molecule has 1 heterocycles. The van der Waals surface area contributed by atoms with E-state index in [2.05, 4.69) is 26.0 Å². The molecule has 134 valence electrons. The van der Waals surface area contributed by atoms with Crippen molar-refractivity contribution in [3.05, 3.63) is 43.6 Å². The van der Waals surface area contributed by atoms with Crippen molar-refractivity contribution in [1.82, 2.24) is 4.90 Å². The molecule has 1 aliphatic rings. The number of ether oxygens (including phenoxy) is 1. The van der Waals surface area contributed by atoms with Gasteiger partial charge in [-0.25, -0.2) is 4.79 Å². The third kappa shape index (κ3) is 3.80. The summed E-state index contributed by atoms with van der Waals surface area (Å²) in [6.07, 6.45) is 0. The maximum atomic E-state index is 12.4. The maximum absolute atomic E-state index is 12.4. The Kier molecular flexibility index (Phi) is 5.75. The second-order valence-corrected chi connectivity index (χ2v) is 6.13. The highest BCUT2D eigenvalue weighted by Gasteiger charge is 2.34. The van der Waals surface area contributed by atoms with Crippen molar-refractivity contribution >= 4 is 39.2 Å². The molecule has 0 spiro atoms. The molecular formula is C15H16BrN3O6. The number of rotatable bonds is 6. The minimum atomic E-state index is -0.683. The fourth-order valence-corrected chi connectivity index (χ4v) is 2.87. The number of hydrogen-bond donors (Lipinski definition) is 2. The third-order valence-corrected chi connectivity index (χ3v) is 4.56. The summed E-state index contributed by atoms with van der Waals surface area (Å²) in [4.78, 5) is 36.3. The molecule has 1 aromatic rings. The van der Waals surface area contributed by atoms with Gasteiger partial charge in [0, 0.05) is 28.3 Å². The molecule has 0 fully saturated rings. The molecular weight excluding hydrogens is 398 g/mol. The Labute approximate surface area is 151 Å². The average Bonchev–Trinajstić information content (AvgIpc) is 2.87. The van der Waals surface area contributed by atoms with E-state index in [1.54, 1.807) is 13.0 Å². The molecule has 0 unspecified atom stereocenters. The van der Waals surface area contributed by atoms with E-state index in [0.29, 0.717) is 10.0 Å². The number of esters is 1. The van der Waals surface area contributed by atoms with Crippen LogP contribution in [0.5, 0.6) is 0 Å². The van der Waals surface area contributed by atoms with Gasteiger partial charge in [-0.05, 0) is 13.0 Å². The zero-order valence-electron chi connectivity index (χ0n) is 13.5. The Hall–Kier alpha value is -2.46. The summed E-state index contributed by atoms with van der Waals surface area (Å²) in [6.45, 7) is 1.38. The molecule has 1 aliphatic heterocycles.